The summed E-state index contributed by atoms with van der Waals surface area (Å²) in [6, 6.07) is 1.55. The van der Waals surface area contributed by atoms with Crippen LogP contribution in [0, 0.1) is 24.4 Å². The monoisotopic (exact) mass is 370 g/mol. The first-order valence-corrected chi connectivity index (χ1v) is 8.20. The summed E-state index contributed by atoms with van der Waals surface area (Å²) in [5.74, 6) is -5.54. The molecule has 0 saturated heterocycles. The standard InChI is InChI=1S/C14H9F3N4OS2/c1-5-11(8-4-23-13(18)20-8)24-14(19-5)21-12(22)6-2-3-7(15)10(17)9(6)16/h2-4H,1H3,(H2,18,20)(H,19,21,22). The molecule has 1 aromatic carbocycles. The molecule has 0 spiro atoms. The lowest BCUT2D eigenvalue weighted by Crippen LogP contribution is -2.15. The van der Waals surface area contributed by atoms with Gasteiger partial charge in [0.05, 0.1) is 21.8 Å². The molecule has 124 valence electrons. The van der Waals surface area contributed by atoms with Gasteiger partial charge in [0.2, 0.25) is 0 Å². The summed E-state index contributed by atoms with van der Waals surface area (Å²) in [5, 5.41) is 4.69. The van der Waals surface area contributed by atoms with Crippen molar-refractivity contribution in [3.63, 3.8) is 0 Å². The second kappa shape index (κ2) is 6.21. The Hall–Kier alpha value is -2.46. The Morgan fingerprint density at radius 1 is 1.21 bits per heavy atom. The molecule has 0 aliphatic carbocycles. The SMILES string of the molecule is Cc1nc(NC(=O)c2ccc(F)c(F)c2F)sc1-c1csc(N)n1. The summed E-state index contributed by atoms with van der Waals surface area (Å²) in [4.78, 5) is 21.0. The van der Waals surface area contributed by atoms with Crippen LogP contribution in [0.3, 0.4) is 0 Å². The number of anilines is 2. The number of aromatic nitrogens is 2. The first-order chi connectivity index (χ1) is 11.4. The lowest BCUT2D eigenvalue weighted by molar-refractivity contribution is 0.102. The summed E-state index contributed by atoms with van der Waals surface area (Å²) in [5.41, 5.74) is 6.20. The third-order valence-corrected chi connectivity index (χ3v) is 4.82. The number of aryl methyl sites for hydroxylation is 1. The zero-order valence-electron chi connectivity index (χ0n) is 12.1. The average Bonchev–Trinajstić information content (AvgIpc) is 3.10. The molecule has 24 heavy (non-hydrogen) atoms. The minimum absolute atomic E-state index is 0.184. The third-order valence-electron chi connectivity index (χ3n) is 3.05. The largest absolute Gasteiger partial charge is 0.375 e. The van der Waals surface area contributed by atoms with Gasteiger partial charge in [-0.3, -0.25) is 10.1 Å². The Balaban J connectivity index is 1.87. The van der Waals surface area contributed by atoms with Crippen LogP contribution in [0.5, 0.6) is 0 Å². The molecular weight excluding hydrogens is 361 g/mol. The Bertz CT molecular complexity index is 938. The van der Waals surface area contributed by atoms with Crippen molar-refractivity contribution in [1.29, 1.82) is 0 Å². The lowest BCUT2D eigenvalue weighted by Gasteiger charge is -2.04. The van der Waals surface area contributed by atoms with Crippen molar-refractivity contribution in [1.82, 2.24) is 9.97 Å². The summed E-state index contributed by atoms with van der Waals surface area (Å²) in [7, 11) is 0. The summed E-state index contributed by atoms with van der Waals surface area (Å²) < 4.78 is 39.8. The molecule has 0 bridgehead atoms. The third kappa shape index (κ3) is 2.97. The number of nitrogens with two attached hydrogens (primary N) is 1. The summed E-state index contributed by atoms with van der Waals surface area (Å²) in [6.45, 7) is 1.72. The maximum Gasteiger partial charge on any atom is 0.260 e. The molecule has 0 atom stereocenters. The number of hydrogen-bond donors (Lipinski definition) is 2. The first-order valence-electron chi connectivity index (χ1n) is 6.50. The fourth-order valence-corrected chi connectivity index (χ4v) is 3.50. The van der Waals surface area contributed by atoms with Gasteiger partial charge >= 0.3 is 0 Å². The van der Waals surface area contributed by atoms with Crippen LogP contribution >= 0.6 is 22.7 Å². The zero-order chi connectivity index (χ0) is 17.4. The number of carbonyl (C=O) groups is 1. The van der Waals surface area contributed by atoms with Crippen LogP contribution in [0.2, 0.25) is 0 Å². The Labute approximate surface area is 142 Å². The van der Waals surface area contributed by atoms with E-state index in [4.69, 9.17) is 5.73 Å². The van der Waals surface area contributed by atoms with Crippen molar-refractivity contribution >= 4 is 38.8 Å². The number of nitrogens with zero attached hydrogens (tertiary/aromatic N) is 2. The van der Waals surface area contributed by atoms with Crippen LogP contribution in [0.1, 0.15) is 16.1 Å². The highest BCUT2D eigenvalue weighted by molar-refractivity contribution is 7.19. The van der Waals surface area contributed by atoms with Crippen molar-refractivity contribution in [3.05, 3.63) is 46.2 Å². The highest BCUT2D eigenvalue weighted by Crippen LogP contribution is 2.34. The number of hydrogen-bond acceptors (Lipinski definition) is 6. The predicted octanol–water partition coefficient (Wildman–Crippen LogP) is 3.83. The fourth-order valence-electron chi connectivity index (χ4n) is 1.95. The molecule has 10 heteroatoms. The fraction of sp³-hybridized carbons (Fsp3) is 0.0714. The van der Waals surface area contributed by atoms with Crippen LogP contribution < -0.4 is 11.1 Å². The topological polar surface area (TPSA) is 80.9 Å². The summed E-state index contributed by atoms with van der Waals surface area (Å²) >= 11 is 2.38. The van der Waals surface area contributed by atoms with E-state index in [0.717, 1.165) is 17.4 Å². The van der Waals surface area contributed by atoms with E-state index in [1.165, 1.54) is 11.3 Å². The molecule has 1 amide bonds. The van der Waals surface area contributed by atoms with Crippen molar-refractivity contribution in [2.45, 2.75) is 6.92 Å². The minimum atomic E-state index is -1.70. The van der Waals surface area contributed by atoms with Gasteiger partial charge in [0, 0.05) is 5.38 Å². The molecular formula is C14H9F3N4OS2. The highest BCUT2D eigenvalue weighted by Gasteiger charge is 2.20. The van der Waals surface area contributed by atoms with Crippen LogP contribution in [0.25, 0.3) is 10.6 Å². The van der Waals surface area contributed by atoms with E-state index in [9.17, 15) is 18.0 Å². The van der Waals surface area contributed by atoms with Crippen molar-refractivity contribution < 1.29 is 18.0 Å². The van der Waals surface area contributed by atoms with Gasteiger partial charge in [-0.25, -0.2) is 23.1 Å². The summed E-state index contributed by atoms with van der Waals surface area (Å²) in [6.07, 6.45) is 0. The maximum atomic E-state index is 13.7. The van der Waals surface area contributed by atoms with Crippen molar-refractivity contribution in [2.75, 3.05) is 11.1 Å². The smallest absolute Gasteiger partial charge is 0.260 e. The molecule has 0 aliphatic rings. The van der Waals surface area contributed by atoms with Crippen molar-refractivity contribution in [3.8, 4) is 10.6 Å². The van der Waals surface area contributed by atoms with E-state index in [1.807, 2.05) is 0 Å². The second-order valence-electron chi connectivity index (χ2n) is 4.68. The average molecular weight is 370 g/mol. The van der Waals surface area contributed by atoms with E-state index in [0.29, 0.717) is 27.5 Å². The second-order valence-corrected chi connectivity index (χ2v) is 6.57. The highest BCUT2D eigenvalue weighted by atomic mass is 32.1. The Kier molecular flexibility index (Phi) is 4.24. The molecule has 0 radical (unpaired) electrons. The lowest BCUT2D eigenvalue weighted by atomic mass is 10.2. The molecule has 2 aromatic heterocycles. The van der Waals surface area contributed by atoms with E-state index < -0.39 is 28.9 Å². The van der Waals surface area contributed by atoms with Gasteiger partial charge in [0.1, 0.15) is 0 Å². The van der Waals surface area contributed by atoms with E-state index in [2.05, 4.69) is 15.3 Å². The number of halogens is 3. The number of amides is 1. The Morgan fingerprint density at radius 3 is 2.62 bits per heavy atom. The molecule has 0 saturated carbocycles. The van der Waals surface area contributed by atoms with Gasteiger partial charge in [-0.05, 0) is 19.1 Å². The molecule has 0 fully saturated rings. The molecule has 5 nitrogen and oxygen atoms in total. The van der Waals surface area contributed by atoms with Gasteiger partial charge < -0.3 is 5.73 Å². The van der Waals surface area contributed by atoms with Gasteiger partial charge in [0.25, 0.3) is 5.91 Å². The number of nitrogen functional groups attached to an aromatic ring is 1. The molecule has 0 unspecified atom stereocenters. The first kappa shape index (κ1) is 16.4. The number of benzene rings is 1. The molecule has 0 aliphatic heterocycles. The van der Waals surface area contributed by atoms with Gasteiger partial charge in [-0.1, -0.05) is 11.3 Å². The van der Waals surface area contributed by atoms with Crippen LogP contribution in [-0.4, -0.2) is 15.9 Å². The van der Waals surface area contributed by atoms with Gasteiger partial charge in [0.15, 0.2) is 27.7 Å². The van der Waals surface area contributed by atoms with Crippen LogP contribution in [0.15, 0.2) is 17.5 Å². The van der Waals surface area contributed by atoms with Crippen LogP contribution in [-0.2, 0) is 0 Å². The van der Waals surface area contributed by atoms with E-state index >= 15 is 0 Å². The van der Waals surface area contributed by atoms with Gasteiger partial charge in [-0.15, -0.1) is 11.3 Å². The molecule has 3 aromatic rings. The molecule has 3 rings (SSSR count). The number of thiazole rings is 2. The van der Waals surface area contributed by atoms with Crippen molar-refractivity contribution in [2.24, 2.45) is 0 Å². The zero-order valence-corrected chi connectivity index (χ0v) is 13.7. The van der Waals surface area contributed by atoms with E-state index in [-0.39, 0.29) is 5.13 Å². The van der Waals surface area contributed by atoms with Crippen LogP contribution in [0.4, 0.5) is 23.4 Å². The van der Waals surface area contributed by atoms with E-state index in [1.54, 1.807) is 12.3 Å². The quantitative estimate of drug-likeness (QED) is 0.687. The number of carbonyl (C=O) groups excluding carboxylic acids is 1. The number of nitrogens with one attached hydrogen (secondary N) is 1. The normalized spacial score (nSPS) is 10.8. The number of rotatable bonds is 3. The predicted molar refractivity (Wildman–Crippen MR) is 86.6 cm³/mol. The molecule has 3 N–H and O–H groups in total. The Morgan fingerprint density at radius 2 is 1.96 bits per heavy atom. The maximum absolute atomic E-state index is 13.7. The molecule has 2 heterocycles. The van der Waals surface area contributed by atoms with Gasteiger partial charge in [-0.2, -0.15) is 0 Å². The minimum Gasteiger partial charge on any atom is -0.375 e.